The summed E-state index contributed by atoms with van der Waals surface area (Å²) < 4.78 is 4.65. The molecule has 0 heterocycles. The van der Waals surface area contributed by atoms with Gasteiger partial charge >= 0.3 is 5.97 Å². The van der Waals surface area contributed by atoms with Gasteiger partial charge in [0.2, 0.25) is 5.91 Å². The van der Waals surface area contributed by atoms with Crippen LogP contribution in [0.1, 0.15) is 5.56 Å². The molecule has 2 N–H and O–H groups in total. The van der Waals surface area contributed by atoms with E-state index in [1.807, 2.05) is 6.92 Å². The van der Waals surface area contributed by atoms with Crippen molar-refractivity contribution in [1.82, 2.24) is 0 Å². The fraction of sp³-hybridized carbons (Fsp3) is 0.273. The minimum atomic E-state index is -1.11. The van der Waals surface area contributed by atoms with E-state index in [0.717, 1.165) is 5.56 Å². The van der Waals surface area contributed by atoms with Gasteiger partial charge in [0.05, 0.1) is 0 Å². The van der Waals surface area contributed by atoms with Crippen molar-refractivity contribution in [3.05, 3.63) is 28.8 Å². The normalized spacial score (nSPS) is 10.0. The molecule has 0 unspecified atom stereocenters. The molecular formula is C11H12ClNO4. The summed E-state index contributed by atoms with van der Waals surface area (Å²) in [5.74, 6) is -1.53. The first kappa shape index (κ1) is 13.5. The number of rotatable bonds is 5. The van der Waals surface area contributed by atoms with Gasteiger partial charge in [0.15, 0.2) is 0 Å². The zero-order valence-corrected chi connectivity index (χ0v) is 9.95. The maximum absolute atomic E-state index is 11.4. The Morgan fingerprint density at radius 2 is 2.12 bits per heavy atom. The Morgan fingerprint density at radius 1 is 1.41 bits per heavy atom. The molecule has 6 heteroatoms. The van der Waals surface area contributed by atoms with Gasteiger partial charge in [0, 0.05) is 10.7 Å². The van der Waals surface area contributed by atoms with Crippen LogP contribution in [0.4, 0.5) is 5.69 Å². The molecule has 5 nitrogen and oxygen atoms in total. The fourth-order valence-corrected chi connectivity index (χ4v) is 1.32. The van der Waals surface area contributed by atoms with Crippen molar-refractivity contribution in [2.24, 2.45) is 0 Å². The highest BCUT2D eigenvalue weighted by atomic mass is 35.5. The number of halogens is 1. The summed E-state index contributed by atoms with van der Waals surface area (Å²) in [6.07, 6.45) is 0. The molecule has 0 radical (unpaired) electrons. The van der Waals surface area contributed by atoms with Gasteiger partial charge in [-0.1, -0.05) is 17.7 Å². The molecule has 0 aliphatic heterocycles. The third kappa shape index (κ3) is 4.84. The van der Waals surface area contributed by atoms with Gasteiger partial charge in [0.25, 0.3) is 0 Å². The van der Waals surface area contributed by atoms with Crippen LogP contribution < -0.4 is 5.32 Å². The molecule has 17 heavy (non-hydrogen) atoms. The second kappa shape index (κ2) is 6.22. The Bertz CT molecular complexity index is 433. The van der Waals surface area contributed by atoms with Crippen LogP contribution in [-0.2, 0) is 14.3 Å². The van der Waals surface area contributed by atoms with Gasteiger partial charge in [0.1, 0.15) is 13.2 Å². The van der Waals surface area contributed by atoms with Crippen molar-refractivity contribution in [2.45, 2.75) is 6.92 Å². The zero-order valence-electron chi connectivity index (χ0n) is 9.20. The molecule has 1 aromatic carbocycles. The minimum Gasteiger partial charge on any atom is -0.480 e. The topological polar surface area (TPSA) is 75.6 Å². The number of hydrogen-bond donors (Lipinski definition) is 2. The molecule has 0 aromatic heterocycles. The second-order valence-electron chi connectivity index (χ2n) is 3.39. The third-order valence-corrected chi connectivity index (χ3v) is 2.17. The van der Waals surface area contributed by atoms with Crippen LogP contribution in [-0.4, -0.2) is 30.2 Å². The van der Waals surface area contributed by atoms with Crippen molar-refractivity contribution in [3.63, 3.8) is 0 Å². The molecule has 1 rings (SSSR count). The van der Waals surface area contributed by atoms with Gasteiger partial charge in [-0.05, 0) is 24.6 Å². The number of carbonyl (C=O) groups is 2. The largest absolute Gasteiger partial charge is 0.480 e. The van der Waals surface area contributed by atoms with Crippen LogP contribution in [0.2, 0.25) is 5.02 Å². The predicted octanol–water partition coefficient (Wildman–Crippen LogP) is 1.69. The lowest BCUT2D eigenvalue weighted by Gasteiger charge is -2.08. The van der Waals surface area contributed by atoms with Crippen LogP contribution in [0.5, 0.6) is 0 Å². The van der Waals surface area contributed by atoms with Gasteiger partial charge in [-0.2, -0.15) is 0 Å². The molecule has 92 valence electrons. The number of carbonyl (C=O) groups excluding carboxylic acids is 1. The zero-order chi connectivity index (χ0) is 12.8. The number of carboxylic acids is 1. The summed E-state index contributed by atoms with van der Waals surface area (Å²) >= 11 is 5.79. The average molecular weight is 258 g/mol. The Kier molecular flexibility index (Phi) is 4.93. The van der Waals surface area contributed by atoms with Gasteiger partial charge in [-0.25, -0.2) is 4.79 Å². The summed E-state index contributed by atoms with van der Waals surface area (Å²) in [6, 6.07) is 5.11. The van der Waals surface area contributed by atoms with Crippen LogP contribution in [0.15, 0.2) is 18.2 Å². The maximum atomic E-state index is 11.4. The number of benzene rings is 1. The molecular weight excluding hydrogens is 246 g/mol. The SMILES string of the molecule is Cc1ccc(Cl)cc1NC(=O)COCC(=O)O. The fourth-order valence-electron chi connectivity index (χ4n) is 1.15. The molecule has 1 amide bonds. The molecule has 0 spiro atoms. The van der Waals surface area contributed by atoms with E-state index in [2.05, 4.69) is 10.1 Å². The molecule has 0 aliphatic carbocycles. The summed E-state index contributed by atoms with van der Waals surface area (Å²) in [5, 5.41) is 11.4. The monoisotopic (exact) mass is 257 g/mol. The van der Waals surface area contributed by atoms with Gasteiger partial charge in [-0.15, -0.1) is 0 Å². The van der Waals surface area contributed by atoms with E-state index >= 15 is 0 Å². The number of nitrogens with one attached hydrogen (secondary N) is 1. The van der Waals surface area contributed by atoms with E-state index < -0.39 is 18.5 Å². The molecule has 0 atom stereocenters. The van der Waals surface area contributed by atoms with Gasteiger partial charge in [-0.3, -0.25) is 4.79 Å². The Morgan fingerprint density at radius 3 is 2.76 bits per heavy atom. The maximum Gasteiger partial charge on any atom is 0.329 e. The molecule has 1 aromatic rings. The minimum absolute atomic E-state index is 0.307. The molecule has 0 saturated heterocycles. The third-order valence-electron chi connectivity index (χ3n) is 1.93. The number of aliphatic carboxylic acids is 1. The van der Waals surface area contributed by atoms with E-state index in [9.17, 15) is 9.59 Å². The van der Waals surface area contributed by atoms with E-state index in [0.29, 0.717) is 10.7 Å². The van der Waals surface area contributed by atoms with Gasteiger partial charge < -0.3 is 15.2 Å². The number of anilines is 1. The number of ether oxygens (including phenoxy) is 1. The van der Waals surface area contributed by atoms with Crippen LogP contribution in [0.3, 0.4) is 0 Å². The quantitative estimate of drug-likeness (QED) is 0.842. The first-order valence-corrected chi connectivity index (χ1v) is 5.22. The highest BCUT2D eigenvalue weighted by molar-refractivity contribution is 6.31. The Labute approximate surface area is 103 Å². The van der Waals surface area contributed by atoms with Crippen molar-refractivity contribution in [2.75, 3.05) is 18.5 Å². The second-order valence-corrected chi connectivity index (χ2v) is 3.83. The molecule has 0 aliphatic rings. The van der Waals surface area contributed by atoms with Crippen molar-refractivity contribution in [3.8, 4) is 0 Å². The highest BCUT2D eigenvalue weighted by Gasteiger charge is 2.06. The molecule has 0 saturated carbocycles. The van der Waals surface area contributed by atoms with Crippen molar-refractivity contribution >= 4 is 29.2 Å². The van der Waals surface area contributed by atoms with Crippen molar-refractivity contribution < 1.29 is 19.4 Å². The standard InChI is InChI=1S/C11H12ClNO4/c1-7-2-3-8(12)4-9(7)13-10(14)5-17-6-11(15)16/h2-4H,5-6H2,1H3,(H,13,14)(H,15,16). The number of aryl methyl sites for hydroxylation is 1. The van der Waals surface area contributed by atoms with E-state index in [-0.39, 0.29) is 6.61 Å². The summed E-state index contributed by atoms with van der Waals surface area (Å²) in [4.78, 5) is 21.5. The summed E-state index contributed by atoms with van der Waals surface area (Å²) in [5.41, 5.74) is 1.45. The van der Waals surface area contributed by atoms with Crippen LogP contribution >= 0.6 is 11.6 Å². The molecule has 0 fully saturated rings. The molecule has 0 bridgehead atoms. The summed E-state index contributed by atoms with van der Waals surface area (Å²) in [7, 11) is 0. The van der Waals surface area contributed by atoms with Crippen LogP contribution in [0, 0.1) is 6.92 Å². The highest BCUT2D eigenvalue weighted by Crippen LogP contribution is 2.19. The van der Waals surface area contributed by atoms with Crippen molar-refractivity contribution in [1.29, 1.82) is 0 Å². The first-order chi connectivity index (χ1) is 7.99. The van der Waals surface area contributed by atoms with Crippen LogP contribution in [0.25, 0.3) is 0 Å². The first-order valence-electron chi connectivity index (χ1n) is 4.84. The lowest BCUT2D eigenvalue weighted by Crippen LogP contribution is -2.21. The van der Waals surface area contributed by atoms with E-state index in [1.165, 1.54) is 0 Å². The Hall–Kier alpha value is -1.59. The summed E-state index contributed by atoms with van der Waals surface area (Å²) in [6.45, 7) is 1.02. The smallest absolute Gasteiger partial charge is 0.329 e. The predicted molar refractivity (Wildman–Crippen MR) is 63.3 cm³/mol. The average Bonchev–Trinajstić information content (AvgIpc) is 2.23. The number of amides is 1. The Balaban J connectivity index is 2.50. The van der Waals surface area contributed by atoms with E-state index in [4.69, 9.17) is 16.7 Å². The number of hydrogen-bond acceptors (Lipinski definition) is 3. The lowest BCUT2D eigenvalue weighted by molar-refractivity contribution is -0.143. The van der Waals surface area contributed by atoms with E-state index in [1.54, 1.807) is 18.2 Å². The number of carboxylic acid groups (broad SMARTS) is 1. The lowest BCUT2D eigenvalue weighted by atomic mass is 10.2.